The average molecular weight is 439 g/mol. The molecule has 156 valence electrons. The van der Waals surface area contributed by atoms with Gasteiger partial charge in [0, 0.05) is 24.3 Å². The number of halogens is 1. The maximum absolute atomic E-state index is 13.0. The van der Waals surface area contributed by atoms with Crippen LogP contribution in [0, 0.1) is 0 Å². The molecule has 9 heteroatoms. The molecule has 7 nitrogen and oxygen atoms in total. The Kier molecular flexibility index (Phi) is 6.48. The first-order valence-electron chi connectivity index (χ1n) is 9.11. The molecule has 2 atom stereocenters. The maximum atomic E-state index is 13.0. The van der Waals surface area contributed by atoms with E-state index >= 15 is 0 Å². The van der Waals surface area contributed by atoms with E-state index in [2.05, 4.69) is 5.32 Å². The van der Waals surface area contributed by atoms with Crippen LogP contribution >= 0.6 is 11.6 Å². The Morgan fingerprint density at radius 1 is 1.17 bits per heavy atom. The Balaban J connectivity index is 1.81. The van der Waals surface area contributed by atoms with E-state index in [0.29, 0.717) is 16.5 Å². The van der Waals surface area contributed by atoms with Crippen LogP contribution in [0.15, 0.2) is 47.4 Å². The molecule has 1 N–H and O–H groups in total. The summed E-state index contributed by atoms with van der Waals surface area (Å²) < 4.78 is 38.2. The average Bonchev–Trinajstić information content (AvgIpc) is 2.67. The fraction of sp³-hybridized carbons (Fsp3) is 0.350. The highest BCUT2D eigenvalue weighted by Crippen LogP contribution is 2.28. The van der Waals surface area contributed by atoms with Gasteiger partial charge in [-0.1, -0.05) is 17.7 Å². The summed E-state index contributed by atoms with van der Waals surface area (Å²) in [5.74, 6) is 0.0544. The predicted molar refractivity (Wildman–Crippen MR) is 111 cm³/mol. The van der Waals surface area contributed by atoms with E-state index in [1.807, 2.05) is 13.8 Å². The Labute approximate surface area is 175 Å². The Morgan fingerprint density at radius 2 is 1.86 bits per heavy atom. The second-order valence-corrected chi connectivity index (χ2v) is 9.26. The molecule has 29 heavy (non-hydrogen) atoms. The molecule has 0 spiro atoms. The summed E-state index contributed by atoms with van der Waals surface area (Å²) in [4.78, 5) is 12.7. The van der Waals surface area contributed by atoms with E-state index in [1.54, 1.807) is 30.3 Å². The summed E-state index contributed by atoms with van der Waals surface area (Å²) in [7, 11) is -2.24. The van der Waals surface area contributed by atoms with Crippen LogP contribution in [0.4, 0.5) is 5.69 Å². The lowest BCUT2D eigenvalue weighted by molar-refractivity contribution is -0.0440. The molecule has 0 saturated carbocycles. The minimum Gasteiger partial charge on any atom is -0.495 e. The molecule has 0 aliphatic carbocycles. The molecule has 2 aromatic carbocycles. The number of nitrogens with zero attached hydrogens (tertiary/aromatic N) is 1. The van der Waals surface area contributed by atoms with Gasteiger partial charge in [-0.2, -0.15) is 4.31 Å². The summed E-state index contributed by atoms with van der Waals surface area (Å²) in [5.41, 5.74) is 0.706. The van der Waals surface area contributed by atoms with Crippen molar-refractivity contribution in [2.75, 3.05) is 25.5 Å². The predicted octanol–water partition coefficient (Wildman–Crippen LogP) is 3.40. The summed E-state index contributed by atoms with van der Waals surface area (Å²) >= 11 is 6.08. The highest BCUT2D eigenvalue weighted by atomic mass is 35.5. The highest BCUT2D eigenvalue weighted by molar-refractivity contribution is 7.89. The summed E-state index contributed by atoms with van der Waals surface area (Å²) in [6.45, 7) is 4.21. The van der Waals surface area contributed by atoms with Crippen molar-refractivity contribution >= 4 is 33.2 Å². The van der Waals surface area contributed by atoms with Gasteiger partial charge in [0.2, 0.25) is 10.0 Å². The van der Waals surface area contributed by atoms with Crippen LogP contribution in [-0.4, -0.2) is 51.0 Å². The molecular formula is C20H23ClN2O5S. The van der Waals surface area contributed by atoms with Gasteiger partial charge in [-0.25, -0.2) is 8.42 Å². The normalized spacial score (nSPS) is 20.3. The lowest BCUT2D eigenvalue weighted by Crippen LogP contribution is -2.48. The standard InChI is InChI=1S/C20H23ClN2O5S/c1-13-11-23(12-14(2)28-13)29(25,26)17-6-4-5-15(9-17)20(24)22-16-7-8-19(27-3)18(21)10-16/h4-10,13-14H,11-12H2,1-3H3,(H,22,24)/t13-,14-/m0/s1. The fourth-order valence-electron chi connectivity index (χ4n) is 3.22. The number of anilines is 1. The van der Waals surface area contributed by atoms with E-state index in [0.717, 1.165) is 0 Å². The van der Waals surface area contributed by atoms with Crippen molar-refractivity contribution < 1.29 is 22.7 Å². The van der Waals surface area contributed by atoms with Gasteiger partial charge >= 0.3 is 0 Å². The fourth-order valence-corrected chi connectivity index (χ4v) is 5.12. The SMILES string of the molecule is COc1ccc(NC(=O)c2cccc(S(=O)(=O)N3C[C@H](C)O[C@@H](C)C3)c2)cc1Cl. The van der Waals surface area contributed by atoms with Crippen LogP contribution < -0.4 is 10.1 Å². The molecule has 1 fully saturated rings. The topological polar surface area (TPSA) is 84.9 Å². The van der Waals surface area contributed by atoms with E-state index < -0.39 is 15.9 Å². The first-order chi connectivity index (χ1) is 13.7. The number of hydrogen-bond acceptors (Lipinski definition) is 5. The second-order valence-electron chi connectivity index (χ2n) is 6.91. The number of carbonyl (C=O) groups excluding carboxylic acids is 1. The van der Waals surface area contributed by atoms with E-state index in [1.165, 1.54) is 23.5 Å². The molecule has 0 aromatic heterocycles. The van der Waals surface area contributed by atoms with Gasteiger partial charge in [0.25, 0.3) is 5.91 Å². The van der Waals surface area contributed by atoms with E-state index in [4.69, 9.17) is 21.1 Å². The molecule has 1 amide bonds. The number of ether oxygens (including phenoxy) is 2. The first-order valence-corrected chi connectivity index (χ1v) is 10.9. The molecular weight excluding hydrogens is 416 g/mol. The van der Waals surface area contributed by atoms with Crippen molar-refractivity contribution in [1.82, 2.24) is 4.31 Å². The molecule has 0 radical (unpaired) electrons. The highest BCUT2D eigenvalue weighted by Gasteiger charge is 2.32. The van der Waals surface area contributed by atoms with Crippen molar-refractivity contribution in [1.29, 1.82) is 0 Å². The second kappa shape index (κ2) is 8.71. The number of morpholine rings is 1. The first kappa shape index (κ1) is 21.6. The van der Waals surface area contributed by atoms with Gasteiger partial charge in [-0.3, -0.25) is 4.79 Å². The third-order valence-corrected chi connectivity index (χ3v) is 6.65. The Morgan fingerprint density at radius 3 is 2.48 bits per heavy atom. The molecule has 2 aromatic rings. The van der Waals surface area contributed by atoms with Gasteiger partial charge < -0.3 is 14.8 Å². The smallest absolute Gasteiger partial charge is 0.255 e. The van der Waals surface area contributed by atoms with Crippen LogP contribution in [-0.2, 0) is 14.8 Å². The number of carbonyl (C=O) groups is 1. The minimum atomic E-state index is -3.74. The van der Waals surface area contributed by atoms with Gasteiger partial charge in [0.15, 0.2) is 0 Å². The Bertz CT molecular complexity index is 1000. The Hall–Kier alpha value is -2.13. The van der Waals surface area contributed by atoms with Gasteiger partial charge in [0.1, 0.15) is 5.75 Å². The van der Waals surface area contributed by atoms with E-state index in [-0.39, 0.29) is 35.8 Å². The number of methoxy groups -OCH3 is 1. The number of sulfonamides is 1. The molecule has 1 aliphatic heterocycles. The van der Waals surface area contributed by atoms with Gasteiger partial charge in [-0.15, -0.1) is 0 Å². The summed E-state index contributed by atoms with van der Waals surface area (Å²) in [6, 6.07) is 10.8. The van der Waals surface area contributed by atoms with Gasteiger partial charge in [-0.05, 0) is 50.2 Å². The van der Waals surface area contributed by atoms with E-state index in [9.17, 15) is 13.2 Å². The maximum Gasteiger partial charge on any atom is 0.255 e. The monoisotopic (exact) mass is 438 g/mol. The third kappa shape index (κ3) is 4.90. The van der Waals surface area contributed by atoms with Crippen molar-refractivity contribution in [3.63, 3.8) is 0 Å². The van der Waals surface area contributed by atoms with Crippen molar-refractivity contribution in [2.24, 2.45) is 0 Å². The molecule has 0 unspecified atom stereocenters. The zero-order valence-corrected chi connectivity index (χ0v) is 18.0. The lowest BCUT2D eigenvalue weighted by atomic mass is 10.2. The molecule has 3 rings (SSSR count). The van der Waals surface area contributed by atoms with Crippen LogP contribution in [0.2, 0.25) is 5.02 Å². The lowest BCUT2D eigenvalue weighted by Gasteiger charge is -2.34. The van der Waals surface area contributed by atoms with Crippen molar-refractivity contribution in [2.45, 2.75) is 31.0 Å². The molecule has 1 saturated heterocycles. The van der Waals surface area contributed by atoms with Crippen molar-refractivity contribution in [3.05, 3.63) is 53.1 Å². The van der Waals surface area contributed by atoms with Crippen LogP contribution in [0.1, 0.15) is 24.2 Å². The molecule has 0 bridgehead atoms. The number of hydrogen-bond donors (Lipinski definition) is 1. The number of benzene rings is 2. The zero-order valence-electron chi connectivity index (χ0n) is 16.4. The third-order valence-electron chi connectivity index (χ3n) is 4.53. The zero-order chi connectivity index (χ0) is 21.2. The largest absolute Gasteiger partial charge is 0.495 e. The quantitative estimate of drug-likeness (QED) is 0.773. The van der Waals surface area contributed by atoms with Crippen LogP contribution in [0.5, 0.6) is 5.75 Å². The van der Waals surface area contributed by atoms with Crippen LogP contribution in [0.25, 0.3) is 0 Å². The molecule has 1 aliphatic rings. The summed E-state index contributed by atoms with van der Waals surface area (Å²) in [6.07, 6.45) is -0.389. The summed E-state index contributed by atoms with van der Waals surface area (Å²) in [5, 5.41) is 3.07. The molecule has 1 heterocycles. The van der Waals surface area contributed by atoms with Crippen LogP contribution in [0.3, 0.4) is 0 Å². The minimum absolute atomic E-state index is 0.0687. The number of nitrogens with one attached hydrogen (secondary N) is 1. The number of amides is 1. The van der Waals surface area contributed by atoms with Crippen molar-refractivity contribution in [3.8, 4) is 5.75 Å². The van der Waals surface area contributed by atoms with Gasteiger partial charge in [0.05, 0.1) is 29.2 Å². The number of rotatable bonds is 5.